The fraction of sp³-hybridized carbons (Fsp3) is 0.353. The molecule has 0 fully saturated rings. The first-order valence-electron chi connectivity index (χ1n) is 6.92. The molecule has 1 heterocycles. The molecule has 20 heavy (non-hydrogen) atoms. The summed E-state index contributed by atoms with van der Waals surface area (Å²) in [4.78, 5) is 4.45. The van der Waals surface area contributed by atoms with Crippen molar-refractivity contribution in [1.82, 2.24) is 4.98 Å². The van der Waals surface area contributed by atoms with Crippen LogP contribution in [0.5, 0.6) is 5.75 Å². The lowest BCUT2D eigenvalue weighted by Gasteiger charge is -2.16. The second kappa shape index (κ2) is 5.95. The summed E-state index contributed by atoms with van der Waals surface area (Å²) >= 11 is 0. The van der Waals surface area contributed by atoms with Gasteiger partial charge in [0.05, 0.1) is 5.69 Å². The Bertz CT molecular complexity index is 606. The number of anilines is 1. The average Bonchev–Trinajstić information content (AvgIpc) is 2.39. The molecular weight excluding hydrogens is 248 g/mol. The van der Waals surface area contributed by atoms with Crippen molar-refractivity contribution >= 4 is 5.69 Å². The lowest BCUT2D eigenvalue weighted by Crippen LogP contribution is -2.04. The standard InChI is InChI=1S/C17H22N2O/c1-11(2)15-9-16(18)12(3)8-17(15)20-10-14-7-5-6-13(4)19-14/h5-9,11H,10,18H2,1-4H3. The van der Waals surface area contributed by atoms with Crippen LogP contribution in [0.1, 0.15) is 42.3 Å². The molecule has 0 saturated heterocycles. The summed E-state index contributed by atoms with van der Waals surface area (Å²) in [6, 6.07) is 9.99. The minimum atomic E-state index is 0.373. The molecule has 0 spiro atoms. The summed E-state index contributed by atoms with van der Waals surface area (Å²) in [5.41, 5.74) is 10.9. The number of ether oxygens (including phenoxy) is 1. The van der Waals surface area contributed by atoms with Gasteiger partial charge < -0.3 is 10.5 Å². The molecule has 0 saturated carbocycles. The molecule has 2 rings (SSSR count). The SMILES string of the molecule is Cc1cccc(COc2cc(C)c(N)cc2C(C)C)n1. The predicted octanol–water partition coefficient (Wildman–Crippen LogP) is 3.98. The number of nitrogens with zero attached hydrogens (tertiary/aromatic N) is 1. The van der Waals surface area contributed by atoms with E-state index in [1.165, 1.54) is 0 Å². The molecule has 1 aromatic heterocycles. The zero-order valence-corrected chi connectivity index (χ0v) is 12.6. The monoisotopic (exact) mass is 270 g/mol. The number of benzene rings is 1. The molecule has 0 bridgehead atoms. The summed E-state index contributed by atoms with van der Waals surface area (Å²) in [6.45, 7) is 8.74. The Morgan fingerprint density at radius 2 is 1.95 bits per heavy atom. The van der Waals surface area contributed by atoms with E-state index in [0.29, 0.717) is 12.5 Å². The van der Waals surface area contributed by atoms with Crippen LogP contribution in [0.15, 0.2) is 30.3 Å². The Hall–Kier alpha value is -2.03. The van der Waals surface area contributed by atoms with Gasteiger partial charge in [-0.15, -0.1) is 0 Å². The van der Waals surface area contributed by atoms with Crippen LogP contribution in [0, 0.1) is 13.8 Å². The van der Waals surface area contributed by atoms with Gasteiger partial charge in [0, 0.05) is 11.4 Å². The molecule has 0 radical (unpaired) electrons. The van der Waals surface area contributed by atoms with Gasteiger partial charge in [-0.3, -0.25) is 4.98 Å². The highest BCUT2D eigenvalue weighted by atomic mass is 16.5. The first-order chi connectivity index (χ1) is 9.47. The fourth-order valence-electron chi connectivity index (χ4n) is 2.12. The normalized spacial score (nSPS) is 10.8. The van der Waals surface area contributed by atoms with Crippen molar-refractivity contribution in [3.05, 3.63) is 52.8 Å². The number of rotatable bonds is 4. The van der Waals surface area contributed by atoms with Crippen LogP contribution in [0.4, 0.5) is 5.69 Å². The Labute approximate surface area is 120 Å². The van der Waals surface area contributed by atoms with Crippen LogP contribution in [0.3, 0.4) is 0 Å². The highest BCUT2D eigenvalue weighted by Crippen LogP contribution is 2.31. The molecule has 3 heteroatoms. The number of nitrogens with two attached hydrogens (primary N) is 1. The van der Waals surface area contributed by atoms with Crippen molar-refractivity contribution in [3.8, 4) is 5.75 Å². The number of aryl methyl sites for hydroxylation is 2. The second-order valence-electron chi connectivity index (χ2n) is 5.46. The number of hydrogen-bond donors (Lipinski definition) is 1. The van der Waals surface area contributed by atoms with Crippen LogP contribution >= 0.6 is 0 Å². The predicted molar refractivity (Wildman–Crippen MR) is 83.0 cm³/mol. The first-order valence-corrected chi connectivity index (χ1v) is 6.92. The van der Waals surface area contributed by atoms with E-state index >= 15 is 0 Å². The maximum absolute atomic E-state index is 5.99. The zero-order valence-electron chi connectivity index (χ0n) is 12.6. The summed E-state index contributed by atoms with van der Waals surface area (Å²) in [6.07, 6.45) is 0. The van der Waals surface area contributed by atoms with Crippen molar-refractivity contribution in [3.63, 3.8) is 0 Å². The average molecular weight is 270 g/mol. The summed E-state index contributed by atoms with van der Waals surface area (Å²) in [5, 5.41) is 0. The molecule has 0 aliphatic carbocycles. The Morgan fingerprint density at radius 1 is 1.20 bits per heavy atom. The van der Waals surface area contributed by atoms with E-state index in [9.17, 15) is 0 Å². The Morgan fingerprint density at radius 3 is 2.60 bits per heavy atom. The van der Waals surface area contributed by atoms with Gasteiger partial charge in [0.25, 0.3) is 0 Å². The Balaban J connectivity index is 2.22. The van der Waals surface area contributed by atoms with Gasteiger partial charge in [0.15, 0.2) is 0 Å². The number of aromatic nitrogens is 1. The van der Waals surface area contributed by atoms with Crippen molar-refractivity contribution in [1.29, 1.82) is 0 Å². The molecule has 2 N–H and O–H groups in total. The third kappa shape index (κ3) is 3.29. The second-order valence-corrected chi connectivity index (χ2v) is 5.46. The van der Waals surface area contributed by atoms with Gasteiger partial charge in [-0.2, -0.15) is 0 Å². The largest absolute Gasteiger partial charge is 0.487 e. The fourth-order valence-corrected chi connectivity index (χ4v) is 2.12. The molecular formula is C17H22N2O. The quantitative estimate of drug-likeness (QED) is 0.855. The molecule has 0 aliphatic heterocycles. The van der Waals surface area contributed by atoms with E-state index in [1.807, 2.05) is 44.2 Å². The maximum atomic E-state index is 5.99. The molecule has 0 aliphatic rings. The van der Waals surface area contributed by atoms with E-state index in [1.54, 1.807) is 0 Å². The minimum Gasteiger partial charge on any atom is -0.487 e. The lowest BCUT2D eigenvalue weighted by molar-refractivity contribution is 0.296. The number of pyridine rings is 1. The van der Waals surface area contributed by atoms with Gasteiger partial charge in [0.2, 0.25) is 0 Å². The smallest absolute Gasteiger partial charge is 0.130 e. The zero-order chi connectivity index (χ0) is 14.7. The van der Waals surface area contributed by atoms with E-state index in [-0.39, 0.29) is 0 Å². The lowest BCUT2D eigenvalue weighted by atomic mass is 9.99. The molecule has 0 amide bonds. The first kappa shape index (κ1) is 14.4. The van der Waals surface area contributed by atoms with Crippen molar-refractivity contribution in [2.75, 3.05) is 5.73 Å². The van der Waals surface area contributed by atoms with Gasteiger partial charge >= 0.3 is 0 Å². The number of nitrogen functional groups attached to an aromatic ring is 1. The third-order valence-corrected chi connectivity index (χ3v) is 3.34. The summed E-state index contributed by atoms with van der Waals surface area (Å²) in [7, 11) is 0. The molecule has 106 valence electrons. The van der Waals surface area contributed by atoms with Gasteiger partial charge in [0.1, 0.15) is 12.4 Å². The summed E-state index contributed by atoms with van der Waals surface area (Å²) in [5.74, 6) is 1.27. The molecule has 0 atom stereocenters. The van der Waals surface area contributed by atoms with Crippen LogP contribution < -0.4 is 10.5 Å². The van der Waals surface area contributed by atoms with Crippen LogP contribution in [0.25, 0.3) is 0 Å². The van der Waals surface area contributed by atoms with Crippen molar-refractivity contribution in [2.24, 2.45) is 0 Å². The van der Waals surface area contributed by atoms with Gasteiger partial charge in [-0.05, 0) is 55.2 Å². The highest BCUT2D eigenvalue weighted by Gasteiger charge is 2.11. The van der Waals surface area contributed by atoms with E-state index in [4.69, 9.17) is 10.5 Å². The highest BCUT2D eigenvalue weighted by molar-refractivity contribution is 5.55. The van der Waals surface area contributed by atoms with Gasteiger partial charge in [-0.25, -0.2) is 0 Å². The third-order valence-electron chi connectivity index (χ3n) is 3.34. The molecule has 3 nitrogen and oxygen atoms in total. The number of hydrogen-bond acceptors (Lipinski definition) is 3. The van der Waals surface area contributed by atoms with E-state index < -0.39 is 0 Å². The van der Waals surface area contributed by atoms with Crippen LogP contribution in [-0.2, 0) is 6.61 Å². The molecule has 0 unspecified atom stereocenters. The topological polar surface area (TPSA) is 48.1 Å². The molecule has 1 aromatic carbocycles. The Kier molecular flexibility index (Phi) is 4.28. The van der Waals surface area contributed by atoms with Crippen LogP contribution in [0.2, 0.25) is 0 Å². The van der Waals surface area contributed by atoms with Crippen molar-refractivity contribution < 1.29 is 4.74 Å². The summed E-state index contributed by atoms with van der Waals surface area (Å²) < 4.78 is 5.96. The van der Waals surface area contributed by atoms with Gasteiger partial charge in [-0.1, -0.05) is 19.9 Å². The maximum Gasteiger partial charge on any atom is 0.130 e. The minimum absolute atomic E-state index is 0.373. The molecule has 2 aromatic rings. The van der Waals surface area contributed by atoms with E-state index in [0.717, 1.165) is 34.0 Å². The van der Waals surface area contributed by atoms with Crippen molar-refractivity contribution in [2.45, 2.75) is 40.2 Å². The van der Waals surface area contributed by atoms with E-state index in [2.05, 4.69) is 18.8 Å². The van der Waals surface area contributed by atoms with Crippen LogP contribution in [-0.4, -0.2) is 4.98 Å².